The number of hydrogen-bond acceptors (Lipinski definition) is 5. The molecule has 2 aliphatic rings. The number of aromatic hydroxyl groups is 1. The molecule has 0 saturated carbocycles. The monoisotopic (exact) mass is 419 g/mol. The third-order valence-corrected chi connectivity index (χ3v) is 5.84. The van der Waals surface area contributed by atoms with Gasteiger partial charge in [-0.25, -0.2) is 4.68 Å². The van der Waals surface area contributed by atoms with E-state index >= 15 is 0 Å². The Bertz CT molecular complexity index is 830. The average Bonchev–Trinajstić information content (AvgIpc) is 3.35. The Hall–Kier alpha value is -2.09. The maximum absolute atomic E-state index is 12.9. The highest BCUT2D eigenvalue weighted by atomic mass is 35.5. The lowest BCUT2D eigenvalue weighted by molar-refractivity contribution is 0.0764. The highest BCUT2D eigenvalue weighted by Gasteiger charge is 2.33. The van der Waals surface area contributed by atoms with Gasteiger partial charge in [-0.15, -0.1) is 12.4 Å². The van der Waals surface area contributed by atoms with Gasteiger partial charge in [0.1, 0.15) is 0 Å². The van der Waals surface area contributed by atoms with E-state index in [2.05, 4.69) is 41.3 Å². The largest absolute Gasteiger partial charge is 0.504 e. The summed E-state index contributed by atoms with van der Waals surface area (Å²) in [6, 6.07) is 8.44. The summed E-state index contributed by atoms with van der Waals surface area (Å²) in [5.74, 6) is 0.201. The lowest BCUT2D eigenvalue weighted by atomic mass is 10.0. The number of benzene rings is 1. The average molecular weight is 420 g/mol. The van der Waals surface area contributed by atoms with Gasteiger partial charge in [0.2, 0.25) is 0 Å². The van der Waals surface area contributed by atoms with Crippen LogP contribution in [0.3, 0.4) is 0 Å². The van der Waals surface area contributed by atoms with Gasteiger partial charge in [0.05, 0.1) is 11.9 Å². The molecule has 1 atom stereocenters. The summed E-state index contributed by atoms with van der Waals surface area (Å²) in [6.45, 7) is 9.77. The number of halogens is 1. The zero-order valence-corrected chi connectivity index (χ0v) is 17.9. The van der Waals surface area contributed by atoms with E-state index in [0.29, 0.717) is 25.0 Å². The lowest BCUT2D eigenvalue weighted by Gasteiger charge is -2.32. The molecule has 1 aromatic carbocycles. The van der Waals surface area contributed by atoms with Gasteiger partial charge in [-0.1, -0.05) is 26.0 Å². The maximum Gasteiger partial charge on any atom is 0.278 e. The number of hydrogen-bond donors (Lipinski definition) is 2. The van der Waals surface area contributed by atoms with Crippen molar-refractivity contribution >= 4 is 18.3 Å². The molecule has 2 aromatic rings. The van der Waals surface area contributed by atoms with Crippen LogP contribution in [-0.4, -0.2) is 75.9 Å². The van der Waals surface area contributed by atoms with Crippen molar-refractivity contribution in [2.45, 2.75) is 32.2 Å². The van der Waals surface area contributed by atoms with Crippen LogP contribution in [0.25, 0.3) is 5.69 Å². The van der Waals surface area contributed by atoms with E-state index < -0.39 is 0 Å². The minimum absolute atomic E-state index is 0. The second-order valence-electron chi connectivity index (χ2n) is 8.03. The molecular formula is C21H30ClN5O2. The van der Waals surface area contributed by atoms with Crippen molar-refractivity contribution < 1.29 is 9.90 Å². The second kappa shape index (κ2) is 9.15. The van der Waals surface area contributed by atoms with Crippen molar-refractivity contribution in [3.05, 3.63) is 41.7 Å². The minimum atomic E-state index is -0.187. The van der Waals surface area contributed by atoms with Crippen molar-refractivity contribution in [3.63, 3.8) is 0 Å². The van der Waals surface area contributed by atoms with Crippen LogP contribution in [0.1, 0.15) is 42.2 Å². The molecule has 1 amide bonds. The van der Waals surface area contributed by atoms with Gasteiger partial charge in [0.15, 0.2) is 11.4 Å². The molecule has 8 heteroatoms. The molecule has 7 nitrogen and oxygen atoms in total. The molecule has 0 bridgehead atoms. The molecule has 158 valence electrons. The van der Waals surface area contributed by atoms with Gasteiger partial charge < -0.3 is 15.3 Å². The molecule has 0 spiro atoms. The van der Waals surface area contributed by atoms with Gasteiger partial charge in [-0.05, 0) is 30.0 Å². The fourth-order valence-corrected chi connectivity index (χ4v) is 4.08. The van der Waals surface area contributed by atoms with E-state index in [4.69, 9.17) is 0 Å². The van der Waals surface area contributed by atoms with Crippen LogP contribution >= 0.6 is 12.4 Å². The Balaban J connectivity index is 0.00000240. The van der Waals surface area contributed by atoms with Crippen LogP contribution in [0.2, 0.25) is 0 Å². The molecule has 2 N–H and O–H groups in total. The van der Waals surface area contributed by atoms with E-state index in [1.54, 1.807) is 4.68 Å². The summed E-state index contributed by atoms with van der Waals surface area (Å²) >= 11 is 0. The third kappa shape index (κ3) is 4.57. The van der Waals surface area contributed by atoms with Crippen molar-refractivity contribution in [1.82, 2.24) is 24.9 Å². The van der Waals surface area contributed by atoms with Crippen LogP contribution in [-0.2, 0) is 0 Å². The number of nitrogens with zero attached hydrogens (tertiary/aromatic N) is 4. The first-order valence-electron chi connectivity index (χ1n) is 10.2. The van der Waals surface area contributed by atoms with Gasteiger partial charge in [0, 0.05) is 45.3 Å². The first-order chi connectivity index (χ1) is 13.5. The van der Waals surface area contributed by atoms with E-state index in [0.717, 1.165) is 38.3 Å². The quantitative estimate of drug-likeness (QED) is 0.795. The van der Waals surface area contributed by atoms with Gasteiger partial charge >= 0.3 is 0 Å². The topological polar surface area (TPSA) is 73.6 Å². The van der Waals surface area contributed by atoms with Crippen molar-refractivity contribution in [3.8, 4) is 11.4 Å². The first kappa shape index (κ1) is 21.6. The fraction of sp³-hybridized carbons (Fsp3) is 0.524. The van der Waals surface area contributed by atoms with Crippen LogP contribution in [0.5, 0.6) is 5.75 Å². The number of carbonyl (C=O) groups excluding carboxylic acids is 1. The van der Waals surface area contributed by atoms with Gasteiger partial charge in [-0.2, -0.15) is 5.10 Å². The van der Waals surface area contributed by atoms with E-state index in [1.165, 1.54) is 11.8 Å². The standard InChI is InChI=1S/C21H29N5O2.ClH/c1-15(2)16-3-5-17(6-4-16)26-14-19(27)20(23-26)21(28)25-10-7-18(13-25)24-11-8-22-9-12-24;/h3-6,14-15,18,22,27H,7-13H2,1-2H3;1H. The van der Waals surface area contributed by atoms with Crippen molar-refractivity contribution in [1.29, 1.82) is 0 Å². The van der Waals surface area contributed by atoms with Crippen LogP contribution < -0.4 is 5.32 Å². The number of carbonyl (C=O) groups is 1. The van der Waals surface area contributed by atoms with E-state index in [-0.39, 0.29) is 29.8 Å². The van der Waals surface area contributed by atoms with Crippen molar-refractivity contribution in [2.75, 3.05) is 39.3 Å². The zero-order valence-electron chi connectivity index (χ0n) is 17.0. The van der Waals surface area contributed by atoms with Crippen LogP contribution in [0, 0.1) is 0 Å². The van der Waals surface area contributed by atoms with E-state index in [9.17, 15) is 9.90 Å². The molecule has 1 aromatic heterocycles. The summed E-state index contributed by atoms with van der Waals surface area (Å²) in [7, 11) is 0. The first-order valence-corrected chi connectivity index (χ1v) is 10.2. The fourth-order valence-electron chi connectivity index (χ4n) is 4.08. The Morgan fingerprint density at radius 1 is 1.17 bits per heavy atom. The van der Waals surface area contributed by atoms with Gasteiger partial charge in [0.25, 0.3) is 5.91 Å². The van der Waals surface area contributed by atoms with E-state index in [1.807, 2.05) is 17.0 Å². The normalized spacial score (nSPS) is 20.1. The van der Waals surface area contributed by atoms with Crippen molar-refractivity contribution in [2.24, 2.45) is 0 Å². The molecule has 2 fully saturated rings. The van der Waals surface area contributed by atoms with Gasteiger partial charge in [-0.3, -0.25) is 9.69 Å². The number of nitrogens with one attached hydrogen (secondary N) is 1. The lowest BCUT2D eigenvalue weighted by Crippen LogP contribution is -2.49. The molecule has 0 radical (unpaired) electrons. The number of aromatic nitrogens is 2. The summed E-state index contributed by atoms with van der Waals surface area (Å²) in [5.41, 5.74) is 2.21. The Labute approximate surface area is 178 Å². The SMILES string of the molecule is CC(C)c1ccc(-n2cc(O)c(C(=O)N3CCC(N4CCNCC4)C3)n2)cc1.Cl. The molecule has 0 aliphatic carbocycles. The van der Waals surface area contributed by atoms with Crippen LogP contribution in [0.15, 0.2) is 30.5 Å². The summed E-state index contributed by atoms with van der Waals surface area (Å²) in [4.78, 5) is 17.2. The zero-order chi connectivity index (χ0) is 19.7. The summed E-state index contributed by atoms with van der Waals surface area (Å²) in [5, 5.41) is 18.1. The summed E-state index contributed by atoms with van der Waals surface area (Å²) in [6.07, 6.45) is 2.49. The summed E-state index contributed by atoms with van der Waals surface area (Å²) < 4.78 is 1.58. The number of amides is 1. The predicted molar refractivity (Wildman–Crippen MR) is 115 cm³/mol. The highest BCUT2D eigenvalue weighted by Crippen LogP contribution is 2.24. The molecule has 2 saturated heterocycles. The number of rotatable bonds is 4. The Morgan fingerprint density at radius 2 is 1.86 bits per heavy atom. The predicted octanol–water partition coefficient (Wildman–Crippen LogP) is 2.24. The molecular weight excluding hydrogens is 390 g/mol. The number of likely N-dealkylation sites (tertiary alicyclic amines) is 1. The number of piperazine rings is 1. The second-order valence-corrected chi connectivity index (χ2v) is 8.03. The molecule has 4 rings (SSSR count). The molecule has 3 heterocycles. The Kier molecular flexibility index (Phi) is 6.82. The Morgan fingerprint density at radius 3 is 2.52 bits per heavy atom. The van der Waals surface area contributed by atoms with Crippen LogP contribution in [0.4, 0.5) is 0 Å². The molecule has 1 unspecified atom stereocenters. The molecule has 29 heavy (non-hydrogen) atoms. The molecule has 2 aliphatic heterocycles. The highest BCUT2D eigenvalue weighted by molar-refractivity contribution is 5.95. The third-order valence-electron chi connectivity index (χ3n) is 5.84. The minimum Gasteiger partial charge on any atom is -0.504 e. The maximum atomic E-state index is 12.9. The smallest absolute Gasteiger partial charge is 0.278 e.